The molecule has 0 aliphatic carbocycles. The lowest BCUT2D eigenvalue weighted by Gasteiger charge is -2.19. The molecule has 4 heteroatoms. The number of amides is 1. The zero-order valence-electron chi connectivity index (χ0n) is 51.3. The van der Waals surface area contributed by atoms with Crippen LogP contribution in [-0.2, 0) is 4.79 Å². The van der Waals surface area contributed by atoms with Crippen LogP contribution >= 0.6 is 0 Å². The summed E-state index contributed by atoms with van der Waals surface area (Å²) in [5.74, 6) is -0.0677. The molecule has 76 heavy (non-hydrogen) atoms. The molecule has 0 saturated carbocycles. The van der Waals surface area contributed by atoms with Crippen molar-refractivity contribution in [1.29, 1.82) is 0 Å². The topological polar surface area (TPSA) is 69.6 Å². The van der Waals surface area contributed by atoms with Crippen LogP contribution in [0.3, 0.4) is 0 Å². The van der Waals surface area contributed by atoms with E-state index in [1.54, 1.807) is 6.08 Å². The highest BCUT2D eigenvalue weighted by Gasteiger charge is 2.18. The van der Waals surface area contributed by atoms with Gasteiger partial charge in [0.15, 0.2) is 0 Å². The quantitative estimate of drug-likeness (QED) is 0.0420. The molecule has 1 amide bonds. The summed E-state index contributed by atoms with van der Waals surface area (Å²) in [5, 5.41) is 23.3. The number of unbranched alkanes of at least 4 members (excludes halogenated alkanes) is 46. The number of rotatable bonds is 63. The number of aliphatic hydroxyl groups is 2. The van der Waals surface area contributed by atoms with Crippen molar-refractivity contribution in [2.45, 2.75) is 373 Å². The predicted molar refractivity (Wildman–Crippen MR) is 341 cm³/mol. The number of nitrogens with one attached hydrogen (secondary N) is 1. The number of aliphatic hydroxyl groups excluding tert-OH is 2. The third kappa shape index (κ3) is 62.7. The monoisotopic (exact) mass is 1060 g/mol. The molecule has 444 valence electrons. The average Bonchev–Trinajstić information content (AvgIpc) is 3.42. The molecular formula is C72H133NO3. The van der Waals surface area contributed by atoms with Crippen LogP contribution in [-0.4, -0.2) is 34.9 Å². The highest BCUT2D eigenvalue weighted by Crippen LogP contribution is 2.18. The Balaban J connectivity index is 3.45. The van der Waals surface area contributed by atoms with E-state index in [1.165, 1.54) is 283 Å². The molecule has 4 nitrogen and oxygen atoms in total. The third-order valence-electron chi connectivity index (χ3n) is 15.7. The van der Waals surface area contributed by atoms with Crippen molar-refractivity contribution < 1.29 is 15.0 Å². The van der Waals surface area contributed by atoms with Gasteiger partial charge in [-0.3, -0.25) is 4.79 Å². The van der Waals surface area contributed by atoms with E-state index in [0.29, 0.717) is 6.42 Å². The van der Waals surface area contributed by atoms with Gasteiger partial charge in [0.2, 0.25) is 5.91 Å². The molecule has 0 spiro atoms. The summed E-state index contributed by atoms with van der Waals surface area (Å²) < 4.78 is 0. The zero-order chi connectivity index (χ0) is 54.8. The van der Waals surface area contributed by atoms with Gasteiger partial charge >= 0.3 is 0 Å². The minimum Gasteiger partial charge on any atom is -0.394 e. The van der Waals surface area contributed by atoms with Crippen molar-refractivity contribution in [1.82, 2.24) is 5.32 Å². The molecule has 0 saturated heterocycles. The van der Waals surface area contributed by atoms with E-state index in [1.807, 2.05) is 6.08 Å². The summed E-state index contributed by atoms with van der Waals surface area (Å²) in [6.45, 7) is 4.22. The maximum Gasteiger partial charge on any atom is 0.220 e. The minimum atomic E-state index is -0.864. The zero-order valence-corrected chi connectivity index (χ0v) is 51.3. The third-order valence-corrected chi connectivity index (χ3v) is 15.7. The van der Waals surface area contributed by atoms with Gasteiger partial charge in [0.25, 0.3) is 0 Å². The summed E-state index contributed by atoms with van der Waals surface area (Å²) >= 11 is 0. The Morgan fingerprint density at radius 1 is 0.329 bits per heavy atom. The fourth-order valence-electron chi connectivity index (χ4n) is 10.5. The Hall–Kier alpha value is -2.17. The number of hydrogen-bond acceptors (Lipinski definition) is 3. The highest BCUT2D eigenvalue weighted by molar-refractivity contribution is 5.76. The van der Waals surface area contributed by atoms with E-state index >= 15 is 0 Å². The van der Waals surface area contributed by atoms with Crippen LogP contribution in [0.4, 0.5) is 0 Å². The van der Waals surface area contributed by atoms with Gasteiger partial charge in [0.1, 0.15) is 0 Å². The Morgan fingerprint density at radius 2 is 0.592 bits per heavy atom. The molecule has 2 atom stereocenters. The molecule has 0 aliphatic rings. The fourth-order valence-corrected chi connectivity index (χ4v) is 10.5. The second-order valence-electron chi connectivity index (χ2n) is 23.2. The first-order chi connectivity index (χ1) is 37.7. The normalized spacial score (nSPS) is 13.2. The van der Waals surface area contributed by atoms with Crippen molar-refractivity contribution in [3.63, 3.8) is 0 Å². The summed E-state index contributed by atoms with van der Waals surface area (Å²) in [7, 11) is 0. The molecule has 0 fully saturated rings. The second-order valence-corrected chi connectivity index (χ2v) is 23.2. The van der Waals surface area contributed by atoms with Crippen LogP contribution in [0, 0.1) is 0 Å². The van der Waals surface area contributed by atoms with Gasteiger partial charge in [0.05, 0.1) is 18.8 Å². The van der Waals surface area contributed by atoms with E-state index in [2.05, 4.69) is 79.9 Å². The standard InChI is InChI=1S/C72H133NO3/c1-3-5-7-9-11-13-15-17-19-21-23-25-27-29-31-32-33-34-35-36-37-38-39-40-42-44-46-48-50-52-54-56-58-60-62-64-66-68-72(76)73-70(69-74)71(75)67-65-63-61-59-57-55-53-51-49-47-45-43-41-30-28-26-24-22-20-18-16-14-12-10-8-6-4-2/h5,7,11,13,17,19,23,25,57,59,65,67,70-71,74-75H,3-4,6,8-10,12,14-16,18,20-22,24,26-56,58,60-64,66,68-69H2,1-2H3,(H,73,76)/b7-5-,13-11-,19-17-,25-23-,59-57+,67-65+. The molecule has 0 aliphatic heterocycles. The molecule has 0 heterocycles. The number of allylic oxidation sites excluding steroid dienone is 11. The van der Waals surface area contributed by atoms with E-state index in [9.17, 15) is 15.0 Å². The van der Waals surface area contributed by atoms with Crippen molar-refractivity contribution in [2.24, 2.45) is 0 Å². The maximum absolute atomic E-state index is 12.5. The molecule has 0 radical (unpaired) electrons. The second kappa shape index (κ2) is 67.1. The van der Waals surface area contributed by atoms with Crippen LogP contribution in [0.25, 0.3) is 0 Å². The first-order valence-electron chi connectivity index (χ1n) is 34.2. The summed E-state index contributed by atoms with van der Waals surface area (Å²) in [4.78, 5) is 12.5. The summed E-state index contributed by atoms with van der Waals surface area (Å²) in [5.41, 5.74) is 0. The largest absolute Gasteiger partial charge is 0.394 e. The van der Waals surface area contributed by atoms with Crippen molar-refractivity contribution in [3.05, 3.63) is 72.9 Å². The van der Waals surface area contributed by atoms with Crippen LogP contribution in [0.5, 0.6) is 0 Å². The van der Waals surface area contributed by atoms with Crippen LogP contribution in [0.2, 0.25) is 0 Å². The lowest BCUT2D eigenvalue weighted by atomic mass is 10.0. The Bertz CT molecular complexity index is 1290. The SMILES string of the molecule is CC/C=C\C/C=C\C/C=C\C/C=C\CCCCCCCCCCCCCCCCCCCCCCCCCCC(=O)NC(CO)C(O)/C=C/CC/C=C/CCCCCCCCCCCCCCCCCCCCCCC. The first-order valence-corrected chi connectivity index (χ1v) is 34.2. The van der Waals surface area contributed by atoms with Crippen LogP contribution < -0.4 is 5.32 Å². The van der Waals surface area contributed by atoms with Gasteiger partial charge in [-0.2, -0.15) is 0 Å². The van der Waals surface area contributed by atoms with Gasteiger partial charge < -0.3 is 15.5 Å². The van der Waals surface area contributed by atoms with E-state index in [4.69, 9.17) is 0 Å². The summed E-state index contributed by atoms with van der Waals surface area (Å²) in [6.07, 6.45) is 97.0. The molecule has 0 aromatic heterocycles. The molecule has 0 rings (SSSR count). The molecular weight excluding hydrogens is 927 g/mol. The lowest BCUT2D eigenvalue weighted by Crippen LogP contribution is -2.45. The Morgan fingerprint density at radius 3 is 0.921 bits per heavy atom. The maximum atomic E-state index is 12.5. The Kier molecular flexibility index (Phi) is 65.2. The first kappa shape index (κ1) is 73.8. The van der Waals surface area contributed by atoms with Gasteiger partial charge in [-0.25, -0.2) is 0 Å². The fraction of sp³-hybridized carbons (Fsp3) is 0.819. The lowest BCUT2D eigenvalue weighted by molar-refractivity contribution is -0.123. The number of hydrogen-bond donors (Lipinski definition) is 3. The van der Waals surface area contributed by atoms with E-state index in [0.717, 1.165) is 57.8 Å². The number of carbonyl (C=O) groups excluding carboxylic acids is 1. The smallest absolute Gasteiger partial charge is 0.220 e. The average molecular weight is 1060 g/mol. The molecule has 0 bridgehead atoms. The van der Waals surface area contributed by atoms with Crippen molar-refractivity contribution >= 4 is 5.91 Å². The summed E-state index contributed by atoms with van der Waals surface area (Å²) in [6, 6.07) is -0.641. The van der Waals surface area contributed by atoms with Crippen LogP contribution in [0.1, 0.15) is 361 Å². The minimum absolute atomic E-state index is 0.0677. The van der Waals surface area contributed by atoms with Crippen molar-refractivity contribution in [3.8, 4) is 0 Å². The highest BCUT2D eigenvalue weighted by atomic mass is 16.3. The van der Waals surface area contributed by atoms with Gasteiger partial charge in [-0.15, -0.1) is 0 Å². The van der Waals surface area contributed by atoms with Crippen LogP contribution in [0.15, 0.2) is 72.9 Å². The number of carbonyl (C=O) groups is 1. The molecule has 2 unspecified atom stereocenters. The molecule has 0 aromatic carbocycles. The van der Waals surface area contributed by atoms with Gasteiger partial charge in [0, 0.05) is 6.42 Å². The predicted octanol–water partition coefficient (Wildman–Crippen LogP) is 23.3. The van der Waals surface area contributed by atoms with E-state index in [-0.39, 0.29) is 12.5 Å². The Labute approximate surface area is 476 Å². The molecule has 3 N–H and O–H groups in total. The van der Waals surface area contributed by atoms with Gasteiger partial charge in [-0.1, -0.05) is 356 Å². The van der Waals surface area contributed by atoms with E-state index < -0.39 is 12.1 Å². The van der Waals surface area contributed by atoms with Gasteiger partial charge in [-0.05, 0) is 70.6 Å². The van der Waals surface area contributed by atoms with Crippen molar-refractivity contribution in [2.75, 3.05) is 6.61 Å². The molecule has 0 aromatic rings.